The van der Waals surface area contributed by atoms with Gasteiger partial charge in [-0.1, -0.05) is 18.2 Å². The number of aliphatic carboxylic acids is 1. The van der Waals surface area contributed by atoms with Crippen molar-refractivity contribution in [2.45, 2.75) is 25.3 Å². The van der Waals surface area contributed by atoms with E-state index in [9.17, 15) is 9.59 Å². The Morgan fingerprint density at radius 1 is 1.38 bits per heavy atom. The molecule has 21 heavy (non-hydrogen) atoms. The molecule has 2 N–H and O–H groups in total. The van der Waals surface area contributed by atoms with Crippen LogP contribution in [0.15, 0.2) is 24.3 Å². The Balaban J connectivity index is 1.84. The second-order valence-electron chi connectivity index (χ2n) is 5.05. The highest BCUT2D eigenvalue weighted by atomic mass is 16.5. The van der Waals surface area contributed by atoms with Gasteiger partial charge in [0.2, 0.25) is 0 Å². The first-order chi connectivity index (χ1) is 10.1. The van der Waals surface area contributed by atoms with E-state index in [4.69, 9.17) is 9.84 Å². The predicted molar refractivity (Wildman–Crippen MR) is 77.5 cm³/mol. The lowest BCUT2D eigenvalue weighted by molar-refractivity contribution is -0.137. The zero-order valence-corrected chi connectivity index (χ0v) is 12.0. The van der Waals surface area contributed by atoms with Gasteiger partial charge in [-0.15, -0.1) is 0 Å². The molecule has 1 aliphatic carbocycles. The molecule has 0 spiro atoms. The number of carbonyl (C=O) groups excluding carboxylic acids is 1. The van der Waals surface area contributed by atoms with Crippen molar-refractivity contribution >= 4 is 12.0 Å². The van der Waals surface area contributed by atoms with Crippen LogP contribution in [-0.2, 0) is 11.2 Å². The largest absolute Gasteiger partial charge is 0.496 e. The fourth-order valence-corrected chi connectivity index (χ4v) is 2.21. The number of carboxylic acid groups (broad SMARTS) is 1. The highest BCUT2D eigenvalue weighted by molar-refractivity contribution is 5.80. The summed E-state index contributed by atoms with van der Waals surface area (Å²) in [4.78, 5) is 24.2. The summed E-state index contributed by atoms with van der Waals surface area (Å²) >= 11 is 0. The zero-order chi connectivity index (χ0) is 15.2. The van der Waals surface area contributed by atoms with Crippen molar-refractivity contribution in [2.75, 3.05) is 20.2 Å². The Morgan fingerprint density at radius 3 is 2.71 bits per heavy atom. The third-order valence-corrected chi connectivity index (χ3v) is 3.42. The summed E-state index contributed by atoms with van der Waals surface area (Å²) in [5.74, 6) is -0.196. The van der Waals surface area contributed by atoms with Gasteiger partial charge in [-0.3, -0.25) is 4.79 Å². The molecule has 6 heteroatoms. The lowest BCUT2D eigenvalue weighted by atomic mass is 10.1. The van der Waals surface area contributed by atoms with Crippen LogP contribution in [-0.4, -0.2) is 48.2 Å². The van der Waals surface area contributed by atoms with Crippen molar-refractivity contribution in [1.29, 1.82) is 0 Å². The Labute approximate surface area is 123 Å². The van der Waals surface area contributed by atoms with Gasteiger partial charge < -0.3 is 20.1 Å². The van der Waals surface area contributed by atoms with Gasteiger partial charge in [0.05, 0.1) is 7.11 Å². The third kappa shape index (κ3) is 4.37. The van der Waals surface area contributed by atoms with Crippen LogP contribution in [0.1, 0.15) is 18.4 Å². The molecule has 1 aliphatic rings. The molecule has 1 saturated carbocycles. The molecule has 0 unspecified atom stereocenters. The summed E-state index contributed by atoms with van der Waals surface area (Å²) in [7, 11) is 1.61. The fraction of sp³-hybridized carbons (Fsp3) is 0.467. The number of urea groups is 1. The van der Waals surface area contributed by atoms with E-state index in [0.717, 1.165) is 24.2 Å². The van der Waals surface area contributed by atoms with Crippen molar-refractivity contribution in [2.24, 2.45) is 0 Å². The molecule has 2 rings (SSSR count). The third-order valence-electron chi connectivity index (χ3n) is 3.42. The van der Waals surface area contributed by atoms with Gasteiger partial charge in [-0.25, -0.2) is 4.79 Å². The summed E-state index contributed by atoms with van der Waals surface area (Å²) in [5.41, 5.74) is 1.01. The summed E-state index contributed by atoms with van der Waals surface area (Å²) in [6.07, 6.45) is 2.40. The van der Waals surface area contributed by atoms with Crippen molar-refractivity contribution in [3.8, 4) is 5.75 Å². The quantitative estimate of drug-likeness (QED) is 0.798. The van der Waals surface area contributed by atoms with Gasteiger partial charge in [-0.2, -0.15) is 0 Å². The average molecular weight is 292 g/mol. The molecule has 1 aromatic rings. The average Bonchev–Trinajstić information content (AvgIpc) is 3.29. The smallest absolute Gasteiger partial charge is 0.323 e. The standard InChI is InChI=1S/C15H20N2O4/c1-21-13-5-3-2-4-11(13)8-9-16-15(20)17(10-14(18)19)12-6-7-12/h2-5,12H,6-10H2,1H3,(H,16,20)(H,18,19). The van der Waals surface area contributed by atoms with Crippen LogP contribution in [0.3, 0.4) is 0 Å². The van der Waals surface area contributed by atoms with E-state index in [1.54, 1.807) is 7.11 Å². The number of benzene rings is 1. The fourth-order valence-electron chi connectivity index (χ4n) is 2.21. The molecular formula is C15H20N2O4. The van der Waals surface area contributed by atoms with E-state index < -0.39 is 5.97 Å². The van der Waals surface area contributed by atoms with Crippen LogP contribution in [0, 0.1) is 0 Å². The molecule has 0 aromatic heterocycles. The van der Waals surface area contributed by atoms with Crippen LogP contribution in [0.25, 0.3) is 0 Å². The Bertz CT molecular complexity index is 514. The van der Waals surface area contributed by atoms with Crippen LogP contribution < -0.4 is 10.1 Å². The molecule has 114 valence electrons. The first-order valence-corrected chi connectivity index (χ1v) is 7.00. The van der Waals surface area contributed by atoms with E-state index in [0.29, 0.717) is 13.0 Å². The molecule has 6 nitrogen and oxygen atoms in total. The first-order valence-electron chi connectivity index (χ1n) is 7.00. The second-order valence-corrected chi connectivity index (χ2v) is 5.05. The van der Waals surface area contributed by atoms with Gasteiger partial charge >= 0.3 is 12.0 Å². The second kappa shape index (κ2) is 6.97. The molecular weight excluding hydrogens is 272 g/mol. The van der Waals surface area contributed by atoms with Crippen LogP contribution in [0.2, 0.25) is 0 Å². The normalized spacial score (nSPS) is 13.6. The Kier molecular flexibility index (Phi) is 5.03. The maximum absolute atomic E-state index is 12.0. The van der Waals surface area contributed by atoms with E-state index in [1.165, 1.54) is 4.90 Å². The van der Waals surface area contributed by atoms with E-state index in [2.05, 4.69) is 5.32 Å². The lowest BCUT2D eigenvalue weighted by Crippen LogP contribution is -2.44. The highest BCUT2D eigenvalue weighted by Crippen LogP contribution is 2.26. The number of methoxy groups -OCH3 is 1. The lowest BCUT2D eigenvalue weighted by Gasteiger charge is -2.20. The first kappa shape index (κ1) is 15.2. The number of nitrogens with zero attached hydrogens (tertiary/aromatic N) is 1. The molecule has 1 fully saturated rings. The molecule has 0 saturated heterocycles. The predicted octanol–water partition coefficient (Wildman–Crippen LogP) is 1.50. The SMILES string of the molecule is COc1ccccc1CCNC(=O)N(CC(=O)O)C1CC1. The van der Waals surface area contributed by atoms with Crippen LogP contribution in [0.5, 0.6) is 5.75 Å². The monoisotopic (exact) mass is 292 g/mol. The van der Waals surface area contributed by atoms with Crippen molar-refractivity contribution in [1.82, 2.24) is 10.2 Å². The molecule has 2 amide bonds. The van der Waals surface area contributed by atoms with E-state index >= 15 is 0 Å². The van der Waals surface area contributed by atoms with Crippen LogP contribution >= 0.6 is 0 Å². The molecule has 0 radical (unpaired) electrons. The summed E-state index contributed by atoms with van der Waals surface area (Å²) in [6, 6.07) is 7.39. The topological polar surface area (TPSA) is 78.9 Å². The summed E-state index contributed by atoms with van der Waals surface area (Å²) in [6.45, 7) is 0.202. The Hall–Kier alpha value is -2.24. The van der Waals surface area contributed by atoms with Gasteiger partial charge in [0.15, 0.2) is 0 Å². The number of carboxylic acids is 1. The van der Waals surface area contributed by atoms with Gasteiger partial charge in [0.25, 0.3) is 0 Å². The van der Waals surface area contributed by atoms with Crippen LogP contribution in [0.4, 0.5) is 4.79 Å². The molecule has 0 atom stereocenters. The van der Waals surface area contributed by atoms with Crippen molar-refractivity contribution < 1.29 is 19.4 Å². The minimum Gasteiger partial charge on any atom is -0.496 e. The molecule has 1 aromatic carbocycles. The number of amides is 2. The number of rotatable bonds is 7. The van der Waals surface area contributed by atoms with E-state index in [1.807, 2.05) is 24.3 Å². The number of nitrogens with one attached hydrogen (secondary N) is 1. The molecule has 0 heterocycles. The van der Waals surface area contributed by atoms with Gasteiger partial charge in [-0.05, 0) is 30.9 Å². The minimum atomic E-state index is -0.984. The zero-order valence-electron chi connectivity index (χ0n) is 12.0. The molecule has 0 bridgehead atoms. The Morgan fingerprint density at radius 2 is 2.10 bits per heavy atom. The van der Waals surface area contributed by atoms with Crippen molar-refractivity contribution in [3.63, 3.8) is 0 Å². The summed E-state index contributed by atoms with van der Waals surface area (Å²) in [5, 5.41) is 11.6. The maximum Gasteiger partial charge on any atom is 0.323 e. The number of carbonyl (C=O) groups is 2. The summed E-state index contributed by atoms with van der Waals surface area (Å²) < 4.78 is 5.25. The number of hydrogen-bond acceptors (Lipinski definition) is 3. The molecule has 0 aliphatic heterocycles. The minimum absolute atomic E-state index is 0.0763. The van der Waals surface area contributed by atoms with Crippen molar-refractivity contribution in [3.05, 3.63) is 29.8 Å². The van der Waals surface area contributed by atoms with E-state index in [-0.39, 0.29) is 18.6 Å². The number of hydrogen-bond donors (Lipinski definition) is 2. The highest BCUT2D eigenvalue weighted by Gasteiger charge is 2.33. The van der Waals surface area contributed by atoms with Gasteiger partial charge in [0, 0.05) is 12.6 Å². The maximum atomic E-state index is 12.0. The number of ether oxygens (including phenoxy) is 1. The van der Waals surface area contributed by atoms with Gasteiger partial charge in [0.1, 0.15) is 12.3 Å². The number of para-hydroxylation sites is 1.